The number of alkyl halides is 2. The minimum atomic E-state index is -2.72. The first-order valence-corrected chi connectivity index (χ1v) is 20.5. The van der Waals surface area contributed by atoms with E-state index in [1.807, 2.05) is 59.7 Å². The lowest BCUT2D eigenvalue weighted by Crippen LogP contribution is -2.45. The number of ether oxygens (including phenoxy) is 1. The summed E-state index contributed by atoms with van der Waals surface area (Å²) in [5.74, 6) is -4.51. The topological polar surface area (TPSA) is 84.1 Å². The van der Waals surface area contributed by atoms with Crippen LogP contribution in [-0.4, -0.2) is 56.4 Å². The van der Waals surface area contributed by atoms with Gasteiger partial charge in [0.05, 0.1) is 23.3 Å². The molecule has 3 atom stereocenters. The third-order valence-corrected chi connectivity index (χ3v) is 11.6. The summed E-state index contributed by atoms with van der Waals surface area (Å²) in [6.07, 6.45) is 3.30. The van der Waals surface area contributed by atoms with E-state index in [0.717, 1.165) is 47.6 Å². The number of aryl methyl sites for hydroxylation is 1. The predicted octanol–water partition coefficient (Wildman–Crippen LogP) is 10.4. The molecule has 0 spiro atoms. The van der Waals surface area contributed by atoms with Crippen LogP contribution in [0.5, 0.6) is 0 Å². The van der Waals surface area contributed by atoms with Gasteiger partial charge in [0.15, 0.2) is 5.65 Å². The number of fused-ring (bicyclic) bond motifs is 1. The maximum absolute atomic E-state index is 15.5. The summed E-state index contributed by atoms with van der Waals surface area (Å²) in [6.45, 7) is 15.9. The molecule has 1 aliphatic carbocycles. The number of hydrogen-bond acceptors (Lipinski definition) is 6. The molecule has 56 heavy (non-hydrogen) atoms. The summed E-state index contributed by atoms with van der Waals surface area (Å²) in [5.41, 5.74) is 5.52. The molecule has 302 valence electrons. The van der Waals surface area contributed by atoms with Crippen LogP contribution in [0.4, 0.5) is 17.6 Å². The monoisotopic (exact) mass is 775 g/mol. The molecule has 0 bridgehead atoms. The van der Waals surface area contributed by atoms with Gasteiger partial charge >= 0.3 is 0 Å². The molecule has 1 aliphatic heterocycles. The Hall–Kier alpha value is -3.96. The number of rotatable bonds is 13. The largest absolute Gasteiger partial charge is 0.373 e. The van der Waals surface area contributed by atoms with E-state index >= 15 is 4.79 Å². The van der Waals surface area contributed by atoms with Crippen molar-refractivity contribution in [3.63, 3.8) is 0 Å². The van der Waals surface area contributed by atoms with E-state index in [1.165, 1.54) is 12.1 Å². The fourth-order valence-corrected chi connectivity index (χ4v) is 8.98. The molecular formula is C45H57F4N5O2. The Balaban J connectivity index is 1.65. The molecule has 1 saturated carbocycles. The van der Waals surface area contributed by atoms with Crippen LogP contribution in [0.15, 0.2) is 41.2 Å². The molecule has 2 aromatic carbocycles. The third-order valence-electron chi connectivity index (χ3n) is 11.6. The van der Waals surface area contributed by atoms with Crippen molar-refractivity contribution in [3.05, 3.63) is 97.7 Å². The Kier molecular flexibility index (Phi) is 12.8. The van der Waals surface area contributed by atoms with Crippen molar-refractivity contribution in [2.24, 2.45) is 5.92 Å². The number of morpholine rings is 1. The zero-order valence-corrected chi connectivity index (χ0v) is 34.0. The van der Waals surface area contributed by atoms with E-state index in [4.69, 9.17) is 20.1 Å². The first kappa shape index (κ1) is 41.7. The van der Waals surface area contributed by atoms with Crippen LogP contribution in [0.3, 0.4) is 0 Å². The van der Waals surface area contributed by atoms with Crippen molar-refractivity contribution < 1.29 is 22.3 Å². The molecular weight excluding hydrogens is 719 g/mol. The Morgan fingerprint density at radius 2 is 1.62 bits per heavy atom. The van der Waals surface area contributed by atoms with Gasteiger partial charge in [-0.15, -0.1) is 0 Å². The Labute approximate surface area is 328 Å². The fourth-order valence-electron chi connectivity index (χ4n) is 8.98. The van der Waals surface area contributed by atoms with Crippen molar-refractivity contribution in [2.45, 2.75) is 143 Å². The molecule has 1 saturated heterocycles. The summed E-state index contributed by atoms with van der Waals surface area (Å²) < 4.78 is 65.6. The second kappa shape index (κ2) is 17.3. The van der Waals surface area contributed by atoms with Gasteiger partial charge in [0.2, 0.25) is 5.92 Å². The number of nitrogens with zero attached hydrogens (tertiary/aromatic N) is 4. The molecule has 3 unspecified atom stereocenters. The minimum Gasteiger partial charge on any atom is -0.373 e. The van der Waals surface area contributed by atoms with Gasteiger partial charge in [-0.3, -0.25) is 14.3 Å². The lowest BCUT2D eigenvalue weighted by atomic mass is 9.84. The van der Waals surface area contributed by atoms with Gasteiger partial charge in [0, 0.05) is 67.3 Å². The Bertz CT molecular complexity index is 2090. The van der Waals surface area contributed by atoms with E-state index in [2.05, 4.69) is 11.8 Å². The van der Waals surface area contributed by atoms with Crippen LogP contribution in [0.2, 0.25) is 0 Å². The van der Waals surface area contributed by atoms with Gasteiger partial charge in [0.1, 0.15) is 17.5 Å². The average Bonchev–Trinajstić information content (AvgIpc) is 3.10. The van der Waals surface area contributed by atoms with E-state index < -0.39 is 23.5 Å². The number of pyridine rings is 1. The lowest BCUT2D eigenvalue weighted by molar-refractivity contribution is -0.0704. The summed E-state index contributed by atoms with van der Waals surface area (Å²) >= 11 is 0. The molecule has 3 heterocycles. The van der Waals surface area contributed by atoms with Crippen LogP contribution in [-0.2, 0) is 24.1 Å². The summed E-state index contributed by atoms with van der Waals surface area (Å²) in [7, 11) is 0. The molecule has 2 fully saturated rings. The third kappa shape index (κ3) is 9.09. The molecule has 11 heteroatoms. The van der Waals surface area contributed by atoms with Crippen molar-refractivity contribution >= 4 is 16.7 Å². The van der Waals surface area contributed by atoms with Crippen LogP contribution in [0.1, 0.15) is 138 Å². The summed E-state index contributed by atoms with van der Waals surface area (Å²) in [4.78, 5) is 28.1. The lowest BCUT2D eigenvalue weighted by Gasteiger charge is -2.35. The van der Waals surface area contributed by atoms with Gasteiger partial charge < -0.3 is 10.1 Å². The van der Waals surface area contributed by atoms with Gasteiger partial charge in [-0.1, -0.05) is 46.6 Å². The van der Waals surface area contributed by atoms with Crippen molar-refractivity contribution in [1.29, 1.82) is 5.41 Å². The van der Waals surface area contributed by atoms with E-state index in [0.29, 0.717) is 59.9 Å². The molecule has 1 N–H and O–H groups in total. The zero-order chi connectivity index (χ0) is 40.5. The average molecular weight is 776 g/mol. The van der Waals surface area contributed by atoms with E-state index in [1.54, 1.807) is 4.57 Å². The standard InChI is InChI=1S/C45H57F4N5O2/c1-8-10-32-12-13-39(29(7)40(32)37(50)11-9-2)54-43(36(26(3)4)20-30-18-34(46)22-35(47)19-30)52-42-41(44(54)55)33(25-53-23-27(5)56-28(6)24-53)21-38(51-42)31-14-16-45(48,49)17-15-31/h12-13,18-19,21-22,26-28,31,36,50H,8-11,14-17,20,23-25H2,1-7H3. The van der Waals surface area contributed by atoms with Gasteiger partial charge in [-0.25, -0.2) is 27.5 Å². The zero-order valence-electron chi connectivity index (χ0n) is 34.0. The number of benzene rings is 2. The molecule has 2 aliphatic rings. The minimum absolute atomic E-state index is 0.0195. The van der Waals surface area contributed by atoms with Crippen LogP contribution < -0.4 is 5.56 Å². The number of halogens is 4. The number of aromatic nitrogens is 3. The highest BCUT2D eigenvalue weighted by Gasteiger charge is 2.37. The van der Waals surface area contributed by atoms with Crippen LogP contribution in [0, 0.1) is 29.9 Å². The Morgan fingerprint density at radius 3 is 2.23 bits per heavy atom. The van der Waals surface area contributed by atoms with Gasteiger partial charge in [-0.2, -0.15) is 0 Å². The van der Waals surface area contributed by atoms with E-state index in [-0.39, 0.29) is 67.4 Å². The SMILES string of the molecule is CCCC(=N)c1c(CCC)ccc(-n2c(C(Cc3cc(F)cc(F)c3)C(C)C)nc3nc(C4CCC(F)(F)CC4)cc(CN4CC(C)OC(C)C4)c3c2=O)c1C. The highest BCUT2D eigenvalue weighted by atomic mass is 19.3. The normalized spacial score (nSPS) is 19.9. The predicted molar refractivity (Wildman–Crippen MR) is 215 cm³/mol. The van der Waals surface area contributed by atoms with Crippen molar-refractivity contribution in [3.8, 4) is 5.69 Å². The molecule has 0 radical (unpaired) electrons. The fraction of sp³-hybridized carbons (Fsp3) is 0.556. The molecule has 2 aromatic heterocycles. The van der Waals surface area contributed by atoms with Gasteiger partial charge in [-0.05, 0) is 105 Å². The first-order valence-electron chi connectivity index (χ1n) is 20.5. The van der Waals surface area contributed by atoms with Crippen LogP contribution >= 0.6 is 0 Å². The first-order chi connectivity index (χ1) is 26.6. The van der Waals surface area contributed by atoms with Crippen LogP contribution in [0.25, 0.3) is 16.7 Å². The van der Waals surface area contributed by atoms with Crippen molar-refractivity contribution in [2.75, 3.05) is 13.1 Å². The molecule has 4 aromatic rings. The number of nitrogens with one attached hydrogen (secondary N) is 1. The molecule has 0 amide bonds. The maximum atomic E-state index is 15.5. The second-order valence-corrected chi connectivity index (χ2v) is 16.7. The Morgan fingerprint density at radius 1 is 0.964 bits per heavy atom. The summed E-state index contributed by atoms with van der Waals surface area (Å²) in [6, 6.07) is 9.36. The number of hydrogen-bond donors (Lipinski definition) is 1. The smallest absolute Gasteiger partial charge is 0.267 e. The second-order valence-electron chi connectivity index (χ2n) is 16.7. The van der Waals surface area contributed by atoms with Gasteiger partial charge in [0.25, 0.3) is 5.56 Å². The highest BCUT2D eigenvalue weighted by Crippen LogP contribution is 2.41. The molecule has 7 nitrogen and oxygen atoms in total. The molecule has 6 rings (SSSR count). The quantitative estimate of drug-likeness (QED) is 0.108. The van der Waals surface area contributed by atoms with E-state index in [9.17, 15) is 17.6 Å². The van der Waals surface area contributed by atoms with Crippen molar-refractivity contribution in [1.82, 2.24) is 19.4 Å². The highest BCUT2D eigenvalue weighted by molar-refractivity contribution is 6.01. The summed E-state index contributed by atoms with van der Waals surface area (Å²) in [5, 5.41) is 9.49. The maximum Gasteiger partial charge on any atom is 0.267 e.